The Balaban J connectivity index is 1.25. The number of fused-ring (bicyclic) bond motifs is 2. The molecule has 0 bridgehead atoms. The number of nitrogens with one attached hydrogen (secondary N) is 1. The molecule has 5 rings (SSSR count). The van der Waals surface area contributed by atoms with Gasteiger partial charge in [-0.1, -0.05) is 48.5 Å². The van der Waals surface area contributed by atoms with E-state index in [-0.39, 0.29) is 5.57 Å². The van der Waals surface area contributed by atoms with Crippen molar-refractivity contribution in [3.8, 4) is 17.9 Å². The molecule has 3 aromatic carbocycles. The monoisotopic (exact) mass is 489 g/mol. The second-order valence-corrected chi connectivity index (χ2v) is 9.80. The topological polar surface area (TPSA) is 85.9 Å². The smallest absolute Gasteiger partial charge is 0.266 e. The van der Waals surface area contributed by atoms with Gasteiger partial charge in [0, 0.05) is 4.88 Å². The molecule has 1 heterocycles. The van der Waals surface area contributed by atoms with Crippen LogP contribution >= 0.6 is 11.3 Å². The summed E-state index contributed by atoms with van der Waals surface area (Å²) in [4.78, 5) is 14.0. The third kappa shape index (κ3) is 5.00. The summed E-state index contributed by atoms with van der Waals surface area (Å²) in [6.45, 7) is 0.442. The zero-order chi connectivity index (χ0) is 24.9. The minimum Gasteiger partial charge on any atom is -0.489 e. The Kier molecular flexibility index (Phi) is 6.80. The number of hydrogen-bond acceptors (Lipinski definition) is 5. The summed E-state index contributed by atoms with van der Waals surface area (Å²) in [5.74, 6) is 0.190. The van der Waals surface area contributed by atoms with Gasteiger partial charge in [-0.2, -0.15) is 10.5 Å². The molecule has 5 nitrogen and oxygen atoms in total. The van der Waals surface area contributed by atoms with Crippen LogP contribution in [0.5, 0.6) is 5.75 Å². The summed E-state index contributed by atoms with van der Waals surface area (Å²) >= 11 is 1.45. The van der Waals surface area contributed by atoms with Crippen LogP contribution in [0.25, 0.3) is 16.8 Å². The van der Waals surface area contributed by atoms with E-state index in [1.54, 1.807) is 6.08 Å². The largest absolute Gasteiger partial charge is 0.489 e. The van der Waals surface area contributed by atoms with Crippen LogP contribution in [-0.4, -0.2) is 5.91 Å². The van der Waals surface area contributed by atoms with Crippen LogP contribution in [0.4, 0.5) is 5.00 Å². The van der Waals surface area contributed by atoms with Crippen LogP contribution in [-0.2, 0) is 24.2 Å². The van der Waals surface area contributed by atoms with E-state index in [2.05, 4.69) is 41.7 Å². The third-order valence-electron chi connectivity index (χ3n) is 6.29. The zero-order valence-corrected chi connectivity index (χ0v) is 20.4. The van der Waals surface area contributed by atoms with Crippen molar-refractivity contribution in [1.29, 1.82) is 10.5 Å². The second-order valence-electron chi connectivity index (χ2n) is 8.69. The molecule has 0 spiro atoms. The van der Waals surface area contributed by atoms with E-state index in [9.17, 15) is 15.3 Å². The SMILES string of the molecule is N#C/C(=C\c1ccc(OCc2ccc3ccccc3c2)cc1)C(=O)Nc1sc2c(c1C#N)CCCC2. The van der Waals surface area contributed by atoms with Crippen molar-refractivity contribution in [3.05, 3.63) is 99.4 Å². The van der Waals surface area contributed by atoms with Crippen LogP contribution in [0, 0.1) is 22.7 Å². The summed E-state index contributed by atoms with van der Waals surface area (Å²) < 4.78 is 5.92. The molecule has 0 atom stereocenters. The fraction of sp³-hybridized carbons (Fsp3) is 0.167. The normalized spacial score (nSPS) is 12.9. The van der Waals surface area contributed by atoms with E-state index in [1.807, 2.05) is 42.5 Å². The number of rotatable bonds is 6. The van der Waals surface area contributed by atoms with Crippen molar-refractivity contribution >= 4 is 39.1 Å². The van der Waals surface area contributed by atoms with Gasteiger partial charge in [-0.15, -0.1) is 11.3 Å². The zero-order valence-electron chi connectivity index (χ0n) is 19.6. The summed E-state index contributed by atoms with van der Waals surface area (Å²) in [6, 6.07) is 25.9. The first-order chi connectivity index (χ1) is 17.6. The lowest BCUT2D eigenvalue weighted by Crippen LogP contribution is -2.13. The van der Waals surface area contributed by atoms with E-state index < -0.39 is 5.91 Å². The van der Waals surface area contributed by atoms with Gasteiger partial charge in [0.1, 0.15) is 35.1 Å². The van der Waals surface area contributed by atoms with Gasteiger partial charge in [-0.25, -0.2) is 0 Å². The quantitative estimate of drug-likeness (QED) is 0.239. The number of nitrogens with zero attached hydrogens (tertiary/aromatic N) is 2. The minimum atomic E-state index is -0.510. The van der Waals surface area contributed by atoms with Gasteiger partial charge >= 0.3 is 0 Å². The van der Waals surface area contributed by atoms with E-state index >= 15 is 0 Å². The average Bonchev–Trinajstić information content (AvgIpc) is 3.27. The summed E-state index contributed by atoms with van der Waals surface area (Å²) in [6.07, 6.45) is 5.48. The van der Waals surface area contributed by atoms with Gasteiger partial charge < -0.3 is 10.1 Å². The summed E-state index contributed by atoms with van der Waals surface area (Å²) in [5.41, 5.74) is 3.35. The molecule has 1 aromatic heterocycles. The highest BCUT2D eigenvalue weighted by Crippen LogP contribution is 2.37. The van der Waals surface area contributed by atoms with Crippen molar-refractivity contribution in [1.82, 2.24) is 0 Å². The maximum atomic E-state index is 12.8. The van der Waals surface area contributed by atoms with E-state index in [4.69, 9.17) is 4.74 Å². The van der Waals surface area contributed by atoms with Crippen LogP contribution in [0.15, 0.2) is 72.3 Å². The van der Waals surface area contributed by atoms with E-state index in [0.29, 0.717) is 28.5 Å². The molecule has 0 fully saturated rings. The molecule has 1 aliphatic carbocycles. The number of benzene rings is 3. The molecule has 1 amide bonds. The predicted molar refractivity (Wildman–Crippen MR) is 143 cm³/mol. The molecule has 176 valence electrons. The third-order valence-corrected chi connectivity index (χ3v) is 7.49. The van der Waals surface area contributed by atoms with Gasteiger partial charge in [-0.05, 0) is 77.4 Å². The molecular weight excluding hydrogens is 466 g/mol. The molecule has 0 unspecified atom stereocenters. The second kappa shape index (κ2) is 10.5. The molecule has 1 aliphatic rings. The number of ether oxygens (including phenoxy) is 1. The Bertz CT molecular complexity index is 1550. The standard InChI is InChI=1S/C30H23N3O2S/c31-17-24(29(34)33-30-27(18-32)26-7-3-4-8-28(26)36-30)15-20-10-13-25(14-11-20)35-19-21-9-12-22-5-1-2-6-23(22)16-21/h1-2,5-6,9-16H,3-4,7-8,19H2,(H,33,34)/b24-15+. The van der Waals surface area contributed by atoms with Gasteiger partial charge in [0.25, 0.3) is 5.91 Å². The van der Waals surface area contributed by atoms with Crippen LogP contribution in [0.2, 0.25) is 0 Å². The molecule has 0 saturated carbocycles. The first-order valence-electron chi connectivity index (χ1n) is 11.8. The fourth-order valence-electron chi connectivity index (χ4n) is 4.41. The average molecular weight is 490 g/mol. The molecule has 36 heavy (non-hydrogen) atoms. The van der Waals surface area contributed by atoms with Gasteiger partial charge in [0.15, 0.2) is 0 Å². The summed E-state index contributed by atoms with van der Waals surface area (Å²) in [5, 5.41) is 24.9. The van der Waals surface area contributed by atoms with Crippen LogP contribution in [0.3, 0.4) is 0 Å². The van der Waals surface area contributed by atoms with E-state index in [1.165, 1.54) is 22.1 Å². The predicted octanol–water partition coefficient (Wildman–Crippen LogP) is 6.78. The highest BCUT2D eigenvalue weighted by atomic mass is 32.1. The number of carbonyl (C=O) groups is 1. The molecule has 0 radical (unpaired) electrons. The number of aryl methyl sites for hydroxylation is 1. The van der Waals surface area contributed by atoms with Crippen molar-refractivity contribution in [2.75, 3.05) is 5.32 Å². The van der Waals surface area contributed by atoms with Crippen molar-refractivity contribution < 1.29 is 9.53 Å². The number of anilines is 1. The number of amides is 1. The molecule has 6 heteroatoms. The molecule has 0 saturated heterocycles. The maximum absolute atomic E-state index is 12.8. The van der Waals surface area contributed by atoms with Crippen molar-refractivity contribution in [3.63, 3.8) is 0 Å². The van der Waals surface area contributed by atoms with Crippen molar-refractivity contribution in [2.24, 2.45) is 0 Å². The molecular formula is C30H23N3O2S. The highest BCUT2D eigenvalue weighted by Gasteiger charge is 2.22. The van der Waals surface area contributed by atoms with E-state index in [0.717, 1.165) is 41.7 Å². The van der Waals surface area contributed by atoms with Gasteiger partial charge in [-0.3, -0.25) is 4.79 Å². The van der Waals surface area contributed by atoms with Crippen LogP contribution < -0.4 is 10.1 Å². The minimum absolute atomic E-state index is 0.0184. The Morgan fingerprint density at radius 3 is 2.56 bits per heavy atom. The highest BCUT2D eigenvalue weighted by molar-refractivity contribution is 7.16. The van der Waals surface area contributed by atoms with Gasteiger partial charge in [0.2, 0.25) is 0 Å². The number of thiophene rings is 1. The molecule has 4 aromatic rings. The lowest BCUT2D eigenvalue weighted by atomic mass is 9.96. The molecule has 1 N–H and O–H groups in total. The van der Waals surface area contributed by atoms with Crippen LogP contribution in [0.1, 0.15) is 40.0 Å². The lowest BCUT2D eigenvalue weighted by molar-refractivity contribution is -0.112. The Hall–Kier alpha value is -4.39. The fourth-order valence-corrected chi connectivity index (χ4v) is 5.65. The number of hydrogen-bond donors (Lipinski definition) is 1. The Morgan fingerprint density at radius 2 is 1.78 bits per heavy atom. The summed E-state index contributed by atoms with van der Waals surface area (Å²) in [7, 11) is 0. The maximum Gasteiger partial charge on any atom is 0.266 e. The Labute approximate surface area is 213 Å². The van der Waals surface area contributed by atoms with Crippen molar-refractivity contribution in [2.45, 2.75) is 32.3 Å². The lowest BCUT2D eigenvalue weighted by Gasteiger charge is -2.09. The number of carbonyl (C=O) groups excluding carboxylic acids is 1. The first kappa shape index (κ1) is 23.4. The van der Waals surface area contributed by atoms with Gasteiger partial charge in [0.05, 0.1) is 5.56 Å². The number of nitriles is 2. The first-order valence-corrected chi connectivity index (χ1v) is 12.6. The Morgan fingerprint density at radius 1 is 1.00 bits per heavy atom. The molecule has 0 aliphatic heterocycles.